The van der Waals surface area contributed by atoms with Crippen molar-refractivity contribution in [2.24, 2.45) is 0 Å². The van der Waals surface area contributed by atoms with Gasteiger partial charge in [0, 0.05) is 29.3 Å². The lowest BCUT2D eigenvalue weighted by molar-refractivity contribution is 0.0969. The summed E-state index contributed by atoms with van der Waals surface area (Å²) < 4.78 is 0. The number of pyridine rings is 1. The van der Waals surface area contributed by atoms with Crippen LogP contribution in [-0.4, -0.2) is 32.9 Å². The van der Waals surface area contributed by atoms with Crippen molar-refractivity contribution >= 4 is 16.7 Å². The Hall–Kier alpha value is -5.18. The average molecular weight is 583 g/mol. The fraction of sp³-hybridized carbons (Fsp3) is 0.179. The summed E-state index contributed by atoms with van der Waals surface area (Å²) in [5, 5.41) is 22.3. The van der Waals surface area contributed by atoms with Gasteiger partial charge < -0.3 is 15.1 Å². The van der Waals surface area contributed by atoms with E-state index < -0.39 is 5.60 Å². The molecule has 0 spiro atoms. The van der Waals surface area contributed by atoms with E-state index in [1.54, 1.807) is 18.3 Å². The third-order valence-corrected chi connectivity index (χ3v) is 7.52. The van der Waals surface area contributed by atoms with Gasteiger partial charge in [0.1, 0.15) is 5.75 Å². The minimum Gasteiger partial charge on any atom is -0.508 e. The van der Waals surface area contributed by atoms with Crippen LogP contribution in [0, 0.1) is 32.9 Å². The molecule has 1 heterocycles. The van der Waals surface area contributed by atoms with Crippen LogP contribution in [0.4, 0.5) is 0 Å². The van der Waals surface area contributed by atoms with E-state index in [0.29, 0.717) is 16.8 Å². The Labute approximate surface area is 260 Å². The smallest absolute Gasteiger partial charge is 0.162 e. The van der Waals surface area contributed by atoms with Gasteiger partial charge in [-0.05, 0) is 106 Å². The molecule has 0 radical (unpaired) electrons. The van der Waals surface area contributed by atoms with E-state index in [-0.39, 0.29) is 11.5 Å². The number of aryl methyl sites for hydroxylation is 3. The van der Waals surface area contributed by atoms with Gasteiger partial charge in [0.25, 0.3) is 0 Å². The van der Waals surface area contributed by atoms with E-state index in [1.807, 2.05) is 69.1 Å². The van der Waals surface area contributed by atoms with Crippen LogP contribution in [0.15, 0.2) is 109 Å². The van der Waals surface area contributed by atoms with Crippen LogP contribution in [0.25, 0.3) is 22.0 Å². The lowest BCUT2D eigenvalue weighted by Crippen LogP contribution is -2.36. The van der Waals surface area contributed by atoms with Gasteiger partial charge in [-0.25, -0.2) is 0 Å². The first-order valence-electron chi connectivity index (χ1n) is 14.4. The van der Waals surface area contributed by atoms with Gasteiger partial charge in [-0.1, -0.05) is 72.8 Å². The van der Waals surface area contributed by atoms with Gasteiger partial charge in [-0.2, -0.15) is 0 Å². The molecule has 0 saturated heterocycles. The third-order valence-electron chi connectivity index (χ3n) is 7.52. The first-order valence-corrected chi connectivity index (χ1v) is 14.4. The van der Waals surface area contributed by atoms with Crippen molar-refractivity contribution < 1.29 is 15.0 Å². The van der Waals surface area contributed by atoms with Gasteiger partial charge in [0.15, 0.2) is 11.4 Å². The molecule has 1 aromatic heterocycles. The molecule has 222 valence electrons. The topological polar surface area (TPSA) is 73.7 Å². The van der Waals surface area contributed by atoms with E-state index in [0.717, 1.165) is 38.9 Å². The number of hydrogen-bond acceptors (Lipinski definition) is 5. The van der Waals surface area contributed by atoms with Crippen LogP contribution in [0.2, 0.25) is 0 Å². The fourth-order valence-corrected chi connectivity index (χ4v) is 5.24. The normalized spacial score (nSPS) is 12.4. The highest BCUT2D eigenvalue weighted by atomic mass is 16.3. The Balaban J connectivity index is 0.000000375. The molecule has 0 aliphatic carbocycles. The van der Waals surface area contributed by atoms with Crippen LogP contribution in [-0.2, 0) is 5.60 Å². The SMILES string of the molecule is C=CN(C)/C(=C\C)C(O)(c1c#cc(C)cc1)c1ccc2nc(C)cc(-c3cccc(C)c3)c2c1.CC(=O)c1cccc(O)c1. The molecule has 0 saturated carbocycles. The fourth-order valence-electron chi connectivity index (χ4n) is 5.24. The average Bonchev–Trinajstić information content (AvgIpc) is 3.01. The van der Waals surface area contributed by atoms with E-state index in [1.165, 1.54) is 24.6 Å². The molecule has 1 unspecified atom stereocenters. The van der Waals surface area contributed by atoms with E-state index in [9.17, 15) is 9.90 Å². The number of fused-ring (bicyclic) bond motifs is 1. The highest BCUT2D eigenvalue weighted by Crippen LogP contribution is 2.40. The first-order chi connectivity index (χ1) is 21.0. The van der Waals surface area contributed by atoms with Crippen molar-refractivity contribution in [3.63, 3.8) is 0 Å². The molecule has 1 atom stereocenters. The molecule has 0 aliphatic heterocycles. The Kier molecular flexibility index (Phi) is 9.68. The number of phenols is 1. The minimum absolute atomic E-state index is 0.0316. The largest absolute Gasteiger partial charge is 0.508 e. The number of aromatic hydroxyl groups is 1. The van der Waals surface area contributed by atoms with Crippen LogP contribution in [0.3, 0.4) is 0 Å². The van der Waals surface area contributed by atoms with Crippen molar-refractivity contribution in [2.75, 3.05) is 7.05 Å². The Morgan fingerprint density at radius 3 is 2.30 bits per heavy atom. The van der Waals surface area contributed by atoms with E-state index in [4.69, 9.17) is 10.1 Å². The number of aliphatic hydroxyl groups is 1. The van der Waals surface area contributed by atoms with Crippen LogP contribution in [0.5, 0.6) is 5.75 Å². The molecular weight excluding hydrogens is 544 g/mol. The maximum atomic E-state index is 12.4. The number of phenolic OH excluding ortho intramolecular Hbond substituents is 1. The van der Waals surface area contributed by atoms with Crippen molar-refractivity contribution in [1.82, 2.24) is 9.88 Å². The number of aromatic nitrogens is 1. The predicted octanol–water partition coefficient (Wildman–Crippen LogP) is 8.24. The van der Waals surface area contributed by atoms with Crippen molar-refractivity contribution in [3.8, 4) is 16.9 Å². The maximum absolute atomic E-state index is 12.4. The maximum Gasteiger partial charge on any atom is 0.162 e. The number of hydrogen-bond donors (Lipinski definition) is 2. The zero-order chi connectivity index (χ0) is 32.0. The zero-order valence-corrected chi connectivity index (χ0v) is 26.1. The van der Waals surface area contributed by atoms with Gasteiger partial charge in [-0.3, -0.25) is 9.78 Å². The molecule has 0 bridgehead atoms. The van der Waals surface area contributed by atoms with E-state index in [2.05, 4.69) is 56.0 Å². The number of benzene rings is 3. The van der Waals surface area contributed by atoms with Crippen LogP contribution < -0.4 is 0 Å². The Morgan fingerprint density at radius 2 is 1.70 bits per heavy atom. The molecule has 0 aliphatic rings. The standard InChI is InChI=1S/C31H30N2O.C8H8O2/c1-7-30(33(6)8-2)31(34,25-14-12-21(3)13-15-25)26-16-17-29-28(20-26)27(19-23(5)32-29)24-11-9-10-22(4)18-24;1-6(9)7-3-2-4-8(10)5-7/h7-12,14,16-20,34H,2H2,1,3-6H3;2-5,10H,1H3/b30-7-;. The highest BCUT2D eigenvalue weighted by molar-refractivity contribution is 5.95. The van der Waals surface area contributed by atoms with Gasteiger partial charge >= 0.3 is 0 Å². The first kappa shape index (κ1) is 31.7. The molecule has 4 aromatic carbocycles. The van der Waals surface area contributed by atoms with Gasteiger partial charge in [0.05, 0.1) is 11.2 Å². The molecule has 5 heteroatoms. The number of rotatable bonds is 7. The minimum atomic E-state index is -1.45. The molecule has 5 aromatic rings. The Morgan fingerprint density at radius 1 is 0.955 bits per heavy atom. The molecule has 0 amide bonds. The molecule has 44 heavy (non-hydrogen) atoms. The van der Waals surface area contributed by atoms with Crippen molar-refractivity contribution in [1.29, 1.82) is 0 Å². The van der Waals surface area contributed by atoms with E-state index >= 15 is 0 Å². The lowest BCUT2D eigenvalue weighted by Gasteiger charge is -2.35. The molecule has 5 rings (SSSR count). The quantitative estimate of drug-likeness (QED) is 0.189. The molecular formula is C39H38N2O3. The summed E-state index contributed by atoms with van der Waals surface area (Å²) in [5.41, 5.74) is 7.35. The predicted molar refractivity (Wildman–Crippen MR) is 178 cm³/mol. The number of Topliss-reactive ketones (excluding diaryl/α,β-unsaturated/α-hetero) is 1. The molecule has 2 N–H and O–H groups in total. The summed E-state index contributed by atoms with van der Waals surface area (Å²) >= 11 is 0. The summed E-state index contributed by atoms with van der Waals surface area (Å²) in [5.74, 6) is 0.101. The highest BCUT2D eigenvalue weighted by Gasteiger charge is 2.38. The number of nitrogens with zero attached hydrogens (tertiary/aromatic N) is 2. The molecule has 0 fully saturated rings. The second-order valence-electron chi connectivity index (χ2n) is 10.9. The summed E-state index contributed by atoms with van der Waals surface area (Å²) in [6, 6.07) is 33.0. The summed E-state index contributed by atoms with van der Waals surface area (Å²) in [4.78, 5) is 17.3. The summed E-state index contributed by atoms with van der Waals surface area (Å²) in [6.45, 7) is 13.4. The van der Waals surface area contributed by atoms with Crippen LogP contribution in [0.1, 0.15) is 52.2 Å². The van der Waals surface area contributed by atoms with Crippen LogP contribution >= 0.6 is 0 Å². The van der Waals surface area contributed by atoms with Gasteiger partial charge in [0.2, 0.25) is 0 Å². The third kappa shape index (κ3) is 6.72. The second-order valence-corrected chi connectivity index (χ2v) is 10.9. The summed E-state index contributed by atoms with van der Waals surface area (Å²) in [7, 11) is 1.88. The zero-order valence-electron chi connectivity index (χ0n) is 26.1. The number of likely N-dealkylation sites (N-methyl/N-ethyl adjacent to an activating group) is 1. The number of allylic oxidation sites excluding steroid dienone is 1. The Bertz CT molecular complexity index is 1840. The monoisotopic (exact) mass is 582 g/mol. The number of ketones is 1. The number of carbonyl (C=O) groups excluding carboxylic acids is 1. The van der Waals surface area contributed by atoms with Crippen molar-refractivity contribution in [3.05, 3.63) is 155 Å². The molecule has 5 nitrogen and oxygen atoms in total. The number of carbonyl (C=O) groups is 1. The van der Waals surface area contributed by atoms with Crippen molar-refractivity contribution in [2.45, 2.75) is 40.2 Å². The summed E-state index contributed by atoms with van der Waals surface area (Å²) in [6.07, 6.45) is 3.61. The van der Waals surface area contributed by atoms with Gasteiger partial charge in [-0.15, -0.1) is 0 Å². The lowest BCUT2D eigenvalue weighted by atomic mass is 9.82. The second kappa shape index (κ2) is 13.4.